The van der Waals surface area contributed by atoms with Crippen molar-refractivity contribution in [3.05, 3.63) is 64.6 Å². The Balaban J connectivity index is 1.91. The first-order valence-electron chi connectivity index (χ1n) is 6.39. The third-order valence-corrected chi connectivity index (χ3v) is 3.73. The minimum Gasteiger partial charge on any atom is -0.360 e. The van der Waals surface area contributed by atoms with Crippen LogP contribution < -0.4 is 5.32 Å². The number of anilines is 1. The first-order valence-corrected chi connectivity index (χ1v) is 6.76. The second-order valence-electron chi connectivity index (χ2n) is 4.81. The highest BCUT2D eigenvalue weighted by Gasteiger charge is 2.13. The lowest BCUT2D eigenvalue weighted by molar-refractivity contribution is 0.102. The summed E-state index contributed by atoms with van der Waals surface area (Å²) >= 11 is 6.04. The summed E-state index contributed by atoms with van der Waals surface area (Å²) in [5.74, 6) is -0.616. The lowest BCUT2D eigenvalue weighted by atomic mass is 10.1. The van der Waals surface area contributed by atoms with Crippen LogP contribution in [0.5, 0.6) is 0 Å². The van der Waals surface area contributed by atoms with E-state index in [1.165, 1.54) is 12.1 Å². The van der Waals surface area contributed by atoms with E-state index in [0.717, 1.165) is 5.56 Å². The van der Waals surface area contributed by atoms with Gasteiger partial charge in [-0.3, -0.25) is 4.79 Å². The molecule has 3 rings (SSSR count). The summed E-state index contributed by atoms with van der Waals surface area (Å²) in [4.78, 5) is 15.2. The van der Waals surface area contributed by atoms with Crippen molar-refractivity contribution in [3.63, 3.8) is 0 Å². The second-order valence-corrected chi connectivity index (χ2v) is 5.22. The van der Waals surface area contributed by atoms with Gasteiger partial charge in [0.1, 0.15) is 5.82 Å². The summed E-state index contributed by atoms with van der Waals surface area (Å²) < 4.78 is 13.1. The summed E-state index contributed by atoms with van der Waals surface area (Å²) in [6.07, 6.45) is 1.56. The van der Waals surface area contributed by atoms with Crippen LogP contribution in [-0.4, -0.2) is 10.9 Å². The Kier molecular flexibility index (Phi) is 3.39. The average Bonchev–Trinajstić information content (AvgIpc) is 2.85. The van der Waals surface area contributed by atoms with Crippen molar-refractivity contribution in [2.24, 2.45) is 0 Å². The van der Waals surface area contributed by atoms with E-state index >= 15 is 0 Å². The molecule has 0 atom stereocenters. The minimum atomic E-state index is -0.346. The van der Waals surface area contributed by atoms with Crippen molar-refractivity contribution >= 4 is 34.1 Å². The molecule has 0 saturated heterocycles. The molecule has 0 fully saturated rings. The number of amides is 1. The number of benzene rings is 2. The number of halogens is 2. The van der Waals surface area contributed by atoms with Gasteiger partial charge in [-0.15, -0.1) is 0 Å². The summed E-state index contributed by atoms with van der Waals surface area (Å²) in [6, 6.07) is 9.59. The van der Waals surface area contributed by atoms with Gasteiger partial charge in [0.05, 0.1) is 5.56 Å². The van der Waals surface area contributed by atoms with E-state index in [1.807, 2.05) is 13.0 Å². The largest absolute Gasteiger partial charge is 0.360 e. The number of carbonyl (C=O) groups is 1. The van der Waals surface area contributed by atoms with Crippen LogP contribution in [-0.2, 0) is 0 Å². The molecule has 2 aromatic carbocycles. The van der Waals surface area contributed by atoms with E-state index < -0.39 is 0 Å². The quantitative estimate of drug-likeness (QED) is 0.718. The molecular formula is C16H12ClFN2O. The molecule has 0 unspecified atom stereocenters. The number of H-pyrrole nitrogens is 1. The van der Waals surface area contributed by atoms with E-state index in [0.29, 0.717) is 27.2 Å². The third-order valence-electron chi connectivity index (χ3n) is 3.32. The maximum Gasteiger partial charge on any atom is 0.257 e. The molecule has 3 nitrogen and oxygen atoms in total. The lowest BCUT2D eigenvalue weighted by Gasteiger charge is -2.06. The van der Waals surface area contributed by atoms with Gasteiger partial charge in [0, 0.05) is 27.8 Å². The number of aryl methyl sites for hydroxylation is 1. The number of fused-ring (bicyclic) bond motifs is 1. The van der Waals surface area contributed by atoms with Gasteiger partial charge in [-0.2, -0.15) is 0 Å². The standard InChI is InChI=1S/C16H12ClFN2O/c1-9-2-4-11(7-14(9)17)20-16(21)13-8-19-15-6-10(18)3-5-12(13)15/h2-8,19H,1H3,(H,20,21). The van der Waals surface area contributed by atoms with Gasteiger partial charge in [0.15, 0.2) is 0 Å². The fourth-order valence-corrected chi connectivity index (χ4v) is 2.34. The van der Waals surface area contributed by atoms with Crippen molar-refractivity contribution < 1.29 is 9.18 Å². The van der Waals surface area contributed by atoms with Crippen molar-refractivity contribution in [2.75, 3.05) is 5.32 Å². The maximum absolute atomic E-state index is 13.1. The molecule has 3 aromatic rings. The Morgan fingerprint density at radius 3 is 2.81 bits per heavy atom. The van der Waals surface area contributed by atoms with Gasteiger partial charge < -0.3 is 10.3 Å². The molecule has 21 heavy (non-hydrogen) atoms. The van der Waals surface area contributed by atoms with Crippen LogP contribution in [0, 0.1) is 12.7 Å². The maximum atomic E-state index is 13.1. The van der Waals surface area contributed by atoms with E-state index in [-0.39, 0.29) is 11.7 Å². The number of hydrogen-bond donors (Lipinski definition) is 2. The van der Waals surface area contributed by atoms with Crippen LogP contribution in [0.2, 0.25) is 5.02 Å². The third kappa shape index (κ3) is 2.62. The summed E-state index contributed by atoms with van der Waals surface area (Å²) in [5, 5.41) is 4.05. The van der Waals surface area contributed by atoms with Crippen molar-refractivity contribution in [1.82, 2.24) is 4.98 Å². The highest BCUT2D eigenvalue weighted by Crippen LogP contribution is 2.23. The predicted molar refractivity (Wildman–Crippen MR) is 82.4 cm³/mol. The zero-order valence-corrected chi connectivity index (χ0v) is 12.0. The zero-order chi connectivity index (χ0) is 15.0. The van der Waals surface area contributed by atoms with Crippen LogP contribution >= 0.6 is 11.6 Å². The SMILES string of the molecule is Cc1ccc(NC(=O)c2c[nH]c3cc(F)ccc23)cc1Cl. The number of aromatic amines is 1. The first-order chi connectivity index (χ1) is 10.0. The Bertz CT molecular complexity index is 841. The van der Waals surface area contributed by atoms with E-state index in [4.69, 9.17) is 11.6 Å². The molecule has 0 aliphatic heterocycles. The van der Waals surface area contributed by atoms with Crippen LogP contribution in [0.15, 0.2) is 42.6 Å². The molecule has 0 saturated carbocycles. The number of nitrogens with one attached hydrogen (secondary N) is 2. The fourth-order valence-electron chi connectivity index (χ4n) is 2.16. The van der Waals surface area contributed by atoms with Crippen LogP contribution in [0.25, 0.3) is 10.9 Å². The molecule has 2 N–H and O–H groups in total. The lowest BCUT2D eigenvalue weighted by Crippen LogP contribution is -2.11. The van der Waals surface area contributed by atoms with Gasteiger partial charge in [0.25, 0.3) is 5.91 Å². The normalized spacial score (nSPS) is 10.8. The number of carbonyl (C=O) groups excluding carboxylic acids is 1. The molecular weight excluding hydrogens is 291 g/mol. The molecule has 1 amide bonds. The summed E-state index contributed by atoms with van der Waals surface area (Å²) in [6.45, 7) is 1.89. The Hall–Kier alpha value is -2.33. The summed E-state index contributed by atoms with van der Waals surface area (Å²) in [5.41, 5.74) is 2.60. The number of rotatable bonds is 2. The van der Waals surface area contributed by atoms with Crippen molar-refractivity contribution in [3.8, 4) is 0 Å². The van der Waals surface area contributed by atoms with E-state index in [9.17, 15) is 9.18 Å². The topological polar surface area (TPSA) is 44.9 Å². The Morgan fingerprint density at radius 1 is 1.24 bits per heavy atom. The van der Waals surface area contributed by atoms with Crippen molar-refractivity contribution in [2.45, 2.75) is 6.92 Å². The highest BCUT2D eigenvalue weighted by molar-refractivity contribution is 6.31. The second kappa shape index (κ2) is 5.22. The Labute approximate surface area is 125 Å². The molecule has 1 heterocycles. The molecule has 0 radical (unpaired) electrons. The van der Waals surface area contributed by atoms with Crippen molar-refractivity contribution in [1.29, 1.82) is 0 Å². The highest BCUT2D eigenvalue weighted by atomic mass is 35.5. The zero-order valence-electron chi connectivity index (χ0n) is 11.2. The molecule has 0 bridgehead atoms. The van der Waals surface area contributed by atoms with Gasteiger partial charge in [-0.1, -0.05) is 17.7 Å². The molecule has 0 aliphatic rings. The van der Waals surface area contributed by atoms with E-state index in [1.54, 1.807) is 24.4 Å². The Morgan fingerprint density at radius 2 is 2.05 bits per heavy atom. The van der Waals surface area contributed by atoms with Gasteiger partial charge >= 0.3 is 0 Å². The average molecular weight is 303 g/mol. The van der Waals surface area contributed by atoms with Gasteiger partial charge in [-0.25, -0.2) is 4.39 Å². The van der Waals surface area contributed by atoms with Gasteiger partial charge in [-0.05, 0) is 42.8 Å². The van der Waals surface area contributed by atoms with Crippen LogP contribution in [0.3, 0.4) is 0 Å². The molecule has 1 aromatic heterocycles. The van der Waals surface area contributed by atoms with Gasteiger partial charge in [0.2, 0.25) is 0 Å². The van der Waals surface area contributed by atoms with E-state index in [2.05, 4.69) is 10.3 Å². The number of hydrogen-bond acceptors (Lipinski definition) is 1. The van der Waals surface area contributed by atoms with Crippen LogP contribution in [0.1, 0.15) is 15.9 Å². The summed E-state index contributed by atoms with van der Waals surface area (Å²) in [7, 11) is 0. The minimum absolute atomic E-state index is 0.271. The molecule has 0 aliphatic carbocycles. The molecule has 5 heteroatoms. The smallest absolute Gasteiger partial charge is 0.257 e. The molecule has 106 valence electrons. The number of aromatic nitrogens is 1. The predicted octanol–water partition coefficient (Wildman–Crippen LogP) is 4.52. The fraction of sp³-hybridized carbons (Fsp3) is 0.0625. The first kappa shape index (κ1) is 13.6. The monoisotopic (exact) mass is 302 g/mol. The molecule has 0 spiro atoms. The van der Waals surface area contributed by atoms with Crippen LogP contribution in [0.4, 0.5) is 10.1 Å².